The Hall–Kier alpha value is -2.57. The maximum absolute atomic E-state index is 13.4. The number of carbonyl (C=O) groups is 1. The third kappa shape index (κ3) is 7.47. The molecule has 0 radical (unpaired) electrons. The summed E-state index contributed by atoms with van der Waals surface area (Å²) in [5.41, 5.74) is 4.12. The van der Waals surface area contributed by atoms with Gasteiger partial charge in [0.1, 0.15) is 16.5 Å². The van der Waals surface area contributed by atoms with E-state index in [9.17, 15) is 9.18 Å². The van der Waals surface area contributed by atoms with Crippen LogP contribution in [0.15, 0.2) is 53.9 Å². The monoisotopic (exact) mass is 467 g/mol. The van der Waals surface area contributed by atoms with Gasteiger partial charge in [-0.1, -0.05) is 64.1 Å². The van der Waals surface area contributed by atoms with Crippen LogP contribution in [0.3, 0.4) is 0 Å². The lowest BCUT2D eigenvalue weighted by Crippen LogP contribution is -2.32. The average Bonchev–Trinajstić information content (AvgIpc) is 3.23. The number of nitrogens with zero attached hydrogens (tertiary/aromatic N) is 2. The number of nitrogens with one attached hydrogen (secondary N) is 1. The number of thiazole rings is 1. The molecule has 0 saturated carbocycles. The van der Waals surface area contributed by atoms with Crippen molar-refractivity contribution in [3.05, 3.63) is 87.1 Å². The van der Waals surface area contributed by atoms with Crippen LogP contribution in [0.1, 0.15) is 73.2 Å². The van der Waals surface area contributed by atoms with Crippen molar-refractivity contribution in [2.45, 2.75) is 72.1 Å². The highest BCUT2D eigenvalue weighted by molar-refractivity contribution is 7.09. The molecule has 1 atom stereocenters. The minimum absolute atomic E-state index is 0.111. The van der Waals surface area contributed by atoms with Crippen LogP contribution < -0.4 is 5.32 Å². The molecule has 0 bridgehead atoms. The minimum atomic E-state index is -0.236. The number of halogens is 1. The van der Waals surface area contributed by atoms with Gasteiger partial charge < -0.3 is 5.32 Å². The quantitative estimate of drug-likeness (QED) is 0.401. The van der Waals surface area contributed by atoms with Gasteiger partial charge in [-0.2, -0.15) is 0 Å². The van der Waals surface area contributed by atoms with E-state index in [1.54, 1.807) is 0 Å². The smallest absolute Gasteiger partial charge is 0.270 e. The fourth-order valence-corrected chi connectivity index (χ4v) is 4.28. The van der Waals surface area contributed by atoms with Crippen LogP contribution in [0, 0.1) is 5.82 Å². The Morgan fingerprint density at radius 1 is 1.03 bits per heavy atom. The summed E-state index contributed by atoms with van der Waals surface area (Å²) in [6.07, 6.45) is 0.877. The standard InChI is InChI=1S/C27H34FN3OS/c1-6-19(2)29-26(32)24-18-33-25(30-24)17-31(16-21-9-13-23(28)14-10-21)15-20-7-11-22(12-8-20)27(3,4)5/h7-14,18-19H,6,15-17H2,1-5H3,(H,29,32). The van der Waals surface area contributed by atoms with Crippen LogP contribution in [0.5, 0.6) is 0 Å². The van der Waals surface area contributed by atoms with E-state index in [-0.39, 0.29) is 23.2 Å². The molecule has 3 aromatic rings. The minimum Gasteiger partial charge on any atom is -0.348 e. The molecule has 4 nitrogen and oxygen atoms in total. The molecule has 33 heavy (non-hydrogen) atoms. The topological polar surface area (TPSA) is 45.2 Å². The van der Waals surface area contributed by atoms with Gasteiger partial charge in [-0.3, -0.25) is 9.69 Å². The predicted octanol–water partition coefficient (Wildman–Crippen LogP) is 6.31. The summed E-state index contributed by atoms with van der Waals surface area (Å²) in [5, 5.41) is 5.68. The van der Waals surface area contributed by atoms with E-state index in [1.807, 2.05) is 31.4 Å². The summed E-state index contributed by atoms with van der Waals surface area (Å²) in [6.45, 7) is 12.7. The molecule has 2 aromatic carbocycles. The molecule has 0 aliphatic heterocycles. The Bertz CT molecular complexity index is 1040. The molecule has 1 amide bonds. The molecule has 0 aliphatic rings. The Morgan fingerprint density at radius 3 is 2.15 bits per heavy atom. The van der Waals surface area contributed by atoms with Crippen LogP contribution in [0.2, 0.25) is 0 Å². The molecule has 0 saturated heterocycles. The maximum Gasteiger partial charge on any atom is 0.270 e. The molecule has 3 rings (SSSR count). The molecule has 1 heterocycles. The highest BCUT2D eigenvalue weighted by Crippen LogP contribution is 2.23. The van der Waals surface area contributed by atoms with E-state index >= 15 is 0 Å². The van der Waals surface area contributed by atoms with Gasteiger partial charge in [0.25, 0.3) is 5.91 Å². The summed E-state index contributed by atoms with van der Waals surface area (Å²) in [5.74, 6) is -0.366. The van der Waals surface area contributed by atoms with E-state index < -0.39 is 0 Å². The summed E-state index contributed by atoms with van der Waals surface area (Å²) >= 11 is 1.50. The number of aromatic nitrogens is 1. The number of hydrogen-bond donors (Lipinski definition) is 1. The Labute approximate surface area is 200 Å². The van der Waals surface area contributed by atoms with Crippen LogP contribution >= 0.6 is 11.3 Å². The summed E-state index contributed by atoms with van der Waals surface area (Å²) in [7, 11) is 0. The van der Waals surface area contributed by atoms with E-state index in [2.05, 4.69) is 60.2 Å². The Balaban J connectivity index is 1.76. The first-order valence-electron chi connectivity index (χ1n) is 11.5. The first kappa shape index (κ1) is 25.1. The van der Waals surface area contributed by atoms with Crippen molar-refractivity contribution < 1.29 is 9.18 Å². The molecule has 0 fully saturated rings. The lowest BCUT2D eigenvalue weighted by molar-refractivity contribution is 0.0934. The number of carbonyl (C=O) groups excluding carboxylic acids is 1. The van der Waals surface area contributed by atoms with Gasteiger partial charge in [0, 0.05) is 24.5 Å². The molecule has 1 N–H and O–H groups in total. The highest BCUT2D eigenvalue weighted by Gasteiger charge is 2.17. The lowest BCUT2D eigenvalue weighted by atomic mass is 9.87. The van der Waals surface area contributed by atoms with Gasteiger partial charge in [0.05, 0.1) is 6.54 Å². The van der Waals surface area contributed by atoms with E-state index in [4.69, 9.17) is 0 Å². The molecular weight excluding hydrogens is 433 g/mol. The first-order chi connectivity index (χ1) is 15.6. The zero-order valence-corrected chi connectivity index (χ0v) is 21.0. The molecule has 6 heteroatoms. The number of amides is 1. The number of hydrogen-bond acceptors (Lipinski definition) is 4. The van der Waals surface area contributed by atoms with E-state index in [0.29, 0.717) is 18.8 Å². The summed E-state index contributed by atoms with van der Waals surface area (Å²) in [6, 6.07) is 15.5. The zero-order valence-electron chi connectivity index (χ0n) is 20.2. The van der Waals surface area contributed by atoms with Crippen LogP contribution in [0.25, 0.3) is 0 Å². The Morgan fingerprint density at radius 2 is 1.61 bits per heavy atom. The van der Waals surface area contributed by atoms with Crippen LogP contribution in [0.4, 0.5) is 4.39 Å². The number of rotatable bonds is 9. The van der Waals surface area contributed by atoms with E-state index in [1.165, 1.54) is 34.6 Å². The second kappa shape index (κ2) is 11.0. The third-order valence-corrected chi connectivity index (χ3v) is 6.51. The second-order valence-electron chi connectivity index (χ2n) is 9.63. The predicted molar refractivity (Wildman–Crippen MR) is 134 cm³/mol. The van der Waals surface area contributed by atoms with Gasteiger partial charge in [-0.05, 0) is 47.6 Å². The van der Waals surface area contributed by atoms with Crippen molar-refractivity contribution in [1.29, 1.82) is 0 Å². The molecule has 0 spiro atoms. The van der Waals surface area contributed by atoms with Crippen molar-refractivity contribution in [2.75, 3.05) is 0 Å². The fourth-order valence-electron chi connectivity index (χ4n) is 3.46. The third-order valence-electron chi connectivity index (χ3n) is 5.68. The maximum atomic E-state index is 13.4. The van der Waals surface area contributed by atoms with Gasteiger partial charge in [-0.25, -0.2) is 9.37 Å². The molecule has 1 aromatic heterocycles. The van der Waals surface area contributed by atoms with Gasteiger partial charge in [-0.15, -0.1) is 11.3 Å². The molecule has 176 valence electrons. The zero-order chi connectivity index (χ0) is 24.0. The van der Waals surface area contributed by atoms with Crippen molar-refractivity contribution in [3.8, 4) is 0 Å². The SMILES string of the molecule is CCC(C)NC(=O)c1csc(CN(Cc2ccc(F)cc2)Cc2ccc(C(C)(C)C)cc2)n1. The average molecular weight is 468 g/mol. The largest absolute Gasteiger partial charge is 0.348 e. The number of benzene rings is 2. The summed E-state index contributed by atoms with van der Waals surface area (Å²) < 4.78 is 13.4. The highest BCUT2D eigenvalue weighted by atomic mass is 32.1. The summed E-state index contributed by atoms with van der Waals surface area (Å²) in [4.78, 5) is 19.3. The van der Waals surface area contributed by atoms with Crippen molar-refractivity contribution in [3.63, 3.8) is 0 Å². The van der Waals surface area contributed by atoms with Crippen molar-refractivity contribution in [1.82, 2.24) is 15.2 Å². The lowest BCUT2D eigenvalue weighted by Gasteiger charge is -2.23. The second-order valence-corrected chi connectivity index (χ2v) is 10.6. The van der Waals surface area contributed by atoms with Crippen LogP contribution in [-0.2, 0) is 25.0 Å². The Kier molecular flexibility index (Phi) is 8.38. The molecule has 1 unspecified atom stereocenters. The molecular formula is C27H34FN3OS. The fraction of sp³-hybridized carbons (Fsp3) is 0.407. The van der Waals surface area contributed by atoms with Crippen molar-refractivity contribution in [2.24, 2.45) is 0 Å². The first-order valence-corrected chi connectivity index (χ1v) is 12.3. The van der Waals surface area contributed by atoms with E-state index in [0.717, 1.165) is 23.5 Å². The van der Waals surface area contributed by atoms with Gasteiger partial charge >= 0.3 is 0 Å². The van der Waals surface area contributed by atoms with Gasteiger partial charge in [0.2, 0.25) is 0 Å². The normalized spacial score (nSPS) is 12.7. The molecule has 0 aliphatic carbocycles. The van der Waals surface area contributed by atoms with Crippen LogP contribution in [-0.4, -0.2) is 21.8 Å². The van der Waals surface area contributed by atoms with Crippen molar-refractivity contribution >= 4 is 17.2 Å². The van der Waals surface area contributed by atoms with Gasteiger partial charge in [0.15, 0.2) is 0 Å².